The maximum Gasteiger partial charge on any atom is 0.328 e. The molecule has 0 radical (unpaired) electrons. The first-order valence-electron chi connectivity index (χ1n) is 7.97. The van der Waals surface area contributed by atoms with Crippen molar-refractivity contribution in [2.75, 3.05) is 6.61 Å². The van der Waals surface area contributed by atoms with Crippen LogP contribution in [0.4, 0.5) is 0 Å². The fourth-order valence-corrected chi connectivity index (χ4v) is 2.54. The van der Waals surface area contributed by atoms with Gasteiger partial charge in [-0.05, 0) is 31.4 Å². The molecule has 1 aromatic heterocycles. The van der Waals surface area contributed by atoms with Crippen LogP contribution in [0.25, 0.3) is 10.9 Å². The molecule has 0 aliphatic heterocycles. The van der Waals surface area contributed by atoms with E-state index in [2.05, 4.69) is 4.98 Å². The molecule has 0 aliphatic rings. The highest BCUT2D eigenvalue weighted by molar-refractivity contribution is 5.76. The van der Waals surface area contributed by atoms with Gasteiger partial charge in [0.15, 0.2) is 0 Å². The summed E-state index contributed by atoms with van der Waals surface area (Å²) in [5, 5.41) is 0.473. The summed E-state index contributed by atoms with van der Waals surface area (Å²) in [6, 6.07) is 6.89. The van der Waals surface area contributed by atoms with Crippen LogP contribution in [0.2, 0.25) is 0 Å². The van der Waals surface area contributed by atoms with E-state index in [0.29, 0.717) is 17.3 Å². The molecule has 0 unspecified atom stereocenters. The molecule has 23 heavy (non-hydrogen) atoms. The minimum atomic E-state index is -0.444. The zero-order chi connectivity index (χ0) is 16.8. The summed E-state index contributed by atoms with van der Waals surface area (Å²) in [7, 11) is 0. The van der Waals surface area contributed by atoms with E-state index in [0.717, 1.165) is 17.4 Å². The van der Waals surface area contributed by atoms with Gasteiger partial charge in [0, 0.05) is 6.54 Å². The third-order valence-electron chi connectivity index (χ3n) is 3.98. The van der Waals surface area contributed by atoms with Gasteiger partial charge in [0.05, 0.1) is 23.4 Å². The number of carbonyl (C=O) groups is 1. The Balaban J connectivity index is 2.02. The lowest BCUT2D eigenvalue weighted by Gasteiger charge is -2.12. The molecule has 0 saturated heterocycles. The van der Waals surface area contributed by atoms with E-state index < -0.39 is 5.69 Å². The zero-order valence-electron chi connectivity index (χ0n) is 13.5. The number of aromatic amines is 1. The van der Waals surface area contributed by atoms with Gasteiger partial charge in [0.25, 0.3) is 5.56 Å². The lowest BCUT2D eigenvalue weighted by Crippen LogP contribution is -2.35. The van der Waals surface area contributed by atoms with E-state index in [1.807, 2.05) is 13.8 Å². The number of fused-ring (bicyclic) bond motifs is 1. The minimum absolute atomic E-state index is 0.0817. The summed E-state index contributed by atoms with van der Waals surface area (Å²) < 4.78 is 6.35. The van der Waals surface area contributed by atoms with Crippen LogP contribution in [0, 0.1) is 5.92 Å². The Morgan fingerprint density at radius 3 is 2.61 bits per heavy atom. The Bertz CT molecular complexity index is 787. The summed E-state index contributed by atoms with van der Waals surface area (Å²) in [6.07, 6.45) is 1.92. The standard InChI is InChI=1S/C17H22N2O4/c1-3-12(4-2)16(21)23-11-7-10-19-15(20)13-8-5-6-9-14(13)18-17(19)22/h5-6,8-9,12H,3-4,7,10-11H2,1-2H3,(H,18,22). The summed E-state index contributed by atoms with van der Waals surface area (Å²) in [4.78, 5) is 38.7. The molecule has 2 aromatic rings. The zero-order valence-corrected chi connectivity index (χ0v) is 13.5. The van der Waals surface area contributed by atoms with E-state index in [-0.39, 0.29) is 30.6 Å². The number of nitrogens with zero attached hydrogens (tertiary/aromatic N) is 1. The van der Waals surface area contributed by atoms with Crippen LogP contribution in [-0.2, 0) is 16.1 Å². The Hall–Kier alpha value is -2.37. The first-order chi connectivity index (χ1) is 11.1. The number of hydrogen-bond donors (Lipinski definition) is 1. The lowest BCUT2D eigenvalue weighted by molar-refractivity contribution is -0.148. The van der Waals surface area contributed by atoms with Crippen LogP contribution in [-0.4, -0.2) is 22.1 Å². The van der Waals surface area contributed by atoms with Crippen molar-refractivity contribution < 1.29 is 9.53 Å². The van der Waals surface area contributed by atoms with Gasteiger partial charge in [-0.25, -0.2) is 4.79 Å². The maximum absolute atomic E-state index is 12.3. The third kappa shape index (κ3) is 3.88. The molecule has 124 valence electrons. The fourth-order valence-electron chi connectivity index (χ4n) is 2.54. The second kappa shape index (κ2) is 7.76. The number of H-pyrrole nitrogens is 1. The molecule has 2 rings (SSSR count). The maximum atomic E-state index is 12.3. The number of ether oxygens (including phenoxy) is 1. The predicted octanol–water partition coefficient (Wildman–Crippen LogP) is 2.06. The molecule has 0 bridgehead atoms. The molecular formula is C17H22N2O4. The fraction of sp³-hybridized carbons (Fsp3) is 0.471. The van der Waals surface area contributed by atoms with Gasteiger partial charge >= 0.3 is 11.7 Å². The van der Waals surface area contributed by atoms with Crippen molar-refractivity contribution in [1.82, 2.24) is 9.55 Å². The van der Waals surface area contributed by atoms with E-state index in [1.165, 1.54) is 0 Å². The number of aromatic nitrogens is 2. The number of para-hydroxylation sites is 1. The number of hydrogen-bond acceptors (Lipinski definition) is 4. The van der Waals surface area contributed by atoms with E-state index in [1.54, 1.807) is 24.3 Å². The molecule has 0 fully saturated rings. The van der Waals surface area contributed by atoms with E-state index in [9.17, 15) is 14.4 Å². The molecule has 1 N–H and O–H groups in total. The topological polar surface area (TPSA) is 81.2 Å². The molecule has 0 saturated carbocycles. The number of rotatable bonds is 7. The van der Waals surface area contributed by atoms with E-state index >= 15 is 0 Å². The Kier molecular flexibility index (Phi) is 5.73. The lowest BCUT2D eigenvalue weighted by atomic mass is 10.0. The Morgan fingerprint density at radius 2 is 1.91 bits per heavy atom. The largest absolute Gasteiger partial charge is 0.465 e. The smallest absolute Gasteiger partial charge is 0.328 e. The second-order valence-corrected chi connectivity index (χ2v) is 5.47. The average molecular weight is 318 g/mol. The first-order valence-corrected chi connectivity index (χ1v) is 7.97. The predicted molar refractivity (Wildman–Crippen MR) is 88.5 cm³/mol. The van der Waals surface area contributed by atoms with E-state index in [4.69, 9.17) is 4.74 Å². The van der Waals surface area contributed by atoms with Crippen LogP contribution in [0.5, 0.6) is 0 Å². The van der Waals surface area contributed by atoms with Crippen LogP contribution in [0.15, 0.2) is 33.9 Å². The van der Waals surface area contributed by atoms with Crippen LogP contribution in [0.1, 0.15) is 33.1 Å². The van der Waals surface area contributed by atoms with Gasteiger partial charge in [-0.1, -0.05) is 26.0 Å². The highest BCUT2D eigenvalue weighted by Crippen LogP contribution is 2.09. The molecule has 1 heterocycles. The minimum Gasteiger partial charge on any atom is -0.465 e. The quantitative estimate of drug-likeness (QED) is 0.626. The Labute approximate surface area is 134 Å². The Morgan fingerprint density at radius 1 is 1.22 bits per heavy atom. The van der Waals surface area contributed by atoms with Crippen molar-refractivity contribution in [3.05, 3.63) is 45.1 Å². The summed E-state index contributed by atoms with van der Waals surface area (Å²) >= 11 is 0. The monoisotopic (exact) mass is 318 g/mol. The normalized spacial score (nSPS) is 11.1. The molecule has 6 heteroatoms. The molecule has 1 aromatic carbocycles. The molecule has 0 spiro atoms. The molecular weight excluding hydrogens is 296 g/mol. The molecule has 0 atom stereocenters. The molecule has 0 amide bonds. The highest BCUT2D eigenvalue weighted by atomic mass is 16.5. The number of benzene rings is 1. The number of carbonyl (C=O) groups excluding carboxylic acids is 1. The highest BCUT2D eigenvalue weighted by Gasteiger charge is 2.15. The summed E-state index contributed by atoms with van der Waals surface area (Å²) in [5.74, 6) is -0.295. The number of esters is 1. The average Bonchev–Trinajstić information content (AvgIpc) is 2.55. The van der Waals surface area contributed by atoms with Crippen molar-refractivity contribution >= 4 is 16.9 Å². The second-order valence-electron chi connectivity index (χ2n) is 5.47. The van der Waals surface area contributed by atoms with Gasteiger partial charge < -0.3 is 9.72 Å². The first kappa shape index (κ1) is 17.0. The van der Waals surface area contributed by atoms with Crippen LogP contribution >= 0.6 is 0 Å². The SMILES string of the molecule is CCC(CC)C(=O)OCCCn1c(=O)[nH]c2ccccc2c1=O. The van der Waals surface area contributed by atoms with Crippen molar-refractivity contribution in [3.8, 4) is 0 Å². The van der Waals surface area contributed by atoms with Gasteiger partial charge in [-0.15, -0.1) is 0 Å². The van der Waals surface area contributed by atoms with Crippen LogP contribution in [0.3, 0.4) is 0 Å². The van der Waals surface area contributed by atoms with Gasteiger partial charge in [0.1, 0.15) is 0 Å². The van der Waals surface area contributed by atoms with Gasteiger partial charge in [0.2, 0.25) is 0 Å². The summed E-state index contributed by atoms with van der Waals surface area (Å²) in [5.41, 5.74) is -0.241. The van der Waals surface area contributed by atoms with Crippen molar-refractivity contribution in [1.29, 1.82) is 0 Å². The van der Waals surface area contributed by atoms with Gasteiger partial charge in [-0.2, -0.15) is 0 Å². The summed E-state index contributed by atoms with van der Waals surface area (Å²) in [6.45, 7) is 4.32. The third-order valence-corrected chi connectivity index (χ3v) is 3.98. The van der Waals surface area contributed by atoms with Crippen molar-refractivity contribution in [2.45, 2.75) is 39.7 Å². The molecule has 0 aliphatic carbocycles. The van der Waals surface area contributed by atoms with Crippen molar-refractivity contribution in [3.63, 3.8) is 0 Å². The number of nitrogens with one attached hydrogen (secondary N) is 1. The molecule has 6 nitrogen and oxygen atoms in total. The van der Waals surface area contributed by atoms with Gasteiger partial charge in [-0.3, -0.25) is 14.2 Å². The van der Waals surface area contributed by atoms with Crippen molar-refractivity contribution in [2.24, 2.45) is 5.92 Å². The van der Waals surface area contributed by atoms with Crippen LogP contribution < -0.4 is 11.2 Å².